The fraction of sp³-hybridized carbons (Fsp3) is 0. The fourth-order valence-electron chi connectivity index (χ4n) is 1.34. The molecule has 1 N–H and O–H groups in total. The van der Waals surface area contributed by atoms with E-state index in [0.717, 1.165) is 12.1 Å². The van der Waals surface area contributed by atoms with E-state index in [1.54, 1.807) is 0 Å². The van der Waals surface area contributed by atoms with Crippen LogP contribution in [0.2, 0.25) is 0 Å². The van der Waals surface area contributed by atoms with Crippen molar-refractivity contribution in [3.05, 3.63) is 68.1 Å². The molecule has 2 aromatic rings. The number of halogens is 7. The predicted molar refractivity (Wildman–Crippen MR) is 105 cm³/mol. The molecule has 0 amide bonds. The highest BCUT2D eigenvalue weighted by atomic mass is 79.9. The highest BCUT2D eigenvalue weighted by Crippen LogP contribution is 2.16. The zero-order chi connectivity index (χ0) is 20.4. The Bertz CT molecular complexity index is 719. The predicted octanol–water partition coefficient (Wildman–Crippen LogP) is 6.30. The Morgan fingerprint density at radius 1 is 0.885 bits per heavy atom. The molecule has 26 heavy (non-hydrogen) atoms. The Labute approximate surface area is 180 Å². The number of carboxylic acid groups (broad SMARTS) is 1. The summed E-state index contributed by atoms with van der Waals surface area (Å²) >= 11 is 11.1. The summed E-state index contributed by atoms with van der Waals surface area (Å²) in [7, 11) is 7.36. The minimum absolute atomic E-state index is 0.0584. The van der Waals surface area contributed by atoms with Crippen LogP contribution in [0.15, 0.2) is 45.3 Å². The van der Waals surface area contributed by atoms with E-state index in [1.165, 1.54) is 24.3 Å². The van der Waals surface area contributed by atoms with Crippen LogP contribution in [0.25, 0.3) is 0 Å². The lowest BCUT2D eigenvalue weighted by molar-refractivity contribution is 0.0696. The largest absolute Gasteiger partial charge is 0.478 e. The standard InChI is InChI=1S/C7H3BrClFO.C7H4BrFO2.Cl2OS/c8-5-1-4(7(9)11)2-6(10)3-5;8-5-1-4(7(10)11)2-6(9)3-5;1-4(2)3/h1-3H;1-3H,(H,10,11);. The number of carboxylic acids is 1. The van der Waals surface area contributed by atoms with Crippen molar-refractivity contribution >= 4 is 85.3 Å². The topological polar surface area (TPSA) is 71.4 Å². The second-order valence-corrected chi connectivity index (χ2v) is 8.78. The minimum atomic E-state index is -1.67. The Hall–Kier alpha value is -0.580. The molecule has 0 saturated heterocycles. The molecule has 0 unspecified atom stereocenters. The average Bonchev–Trinajstić information content (AvgIpc) is 2.45. The molecule has 2 aromatic carbocycles. The molecule has 0 fully saturated rings. The number of carbonyl (C=O) groups is 2. The van der Waals surface area contributed by atoms with Crippen molar-refractivity contribution in [1.82, 2.24) is 0 Å². The van der Waals surface area contributed by atoms with E-state index in [-0.39, 0.29) is 11.1 Å². The van der Waals surface area contributed by atoms with E-state index in [2.05, 4.69) is 53.2 Å². The first-order valence-corrected chi connectivity index (χ1v) is 10.8. The number of rotatable bonds is 2. The molecule has 0 radical (unpaired) electrons. The molecule has 0 saturated carbocycles. The number of carbonyl (C=O) groups excluding carboxylic acids is 1. The van der Waals surface area contributed by atoms with Gasteiger partial charge in [0.2, 0.25) is 9.23 Å². The van der Waals surface area contributed by atoms with Crippen LogP contribution in [0.4, 0.5) is 8.78 Å². The van der Waals surface area contributed by atoms with E-state index >= 15 is 0 Å². The zero-order valence-electron chi connectivity index (χ0n) is 12.2. The van der Waals surface area contributed by atoms with Gasteiger partial charge >= 0.3 is 5.97 Å². The maximum atomic E-state index is 12.5. The van der Waals surface area contributed by atoms with Gasteiger partial charge in [0.25, 0.3) is 5.24 Å². The van der Waals surface area contributed by atoms with E-state index in [9.17, 15) is 18.4 Å². The summed E-state index contributed by atoms with van der Waals surface area (Å²) in [5, 5.41) is 7.78. The van der Waals surface area contributed by atoms with Crippen molar-refractivity contribution in [2.24, 2.45) is 0 Å². The van der Waals surface area contributed by atoms with Crippen LogP contribution in [-0.2, 0) is 9.23 Å². The third-order valence-corrected chi connectivity index (χ3v) is 3.33. The Morgan fingerprint density at radius 2 is 1.23 bits per heavy atom. The van der Waals surface area contributed by atoms with Gasteiger partial charge in [-0.2, -0.15) is 0 Å². The third kappa shape index (κ3) is 11.9. The normalized spacial score (nSPS) is 9.54. The van der Waals surface area contributed by atoms with Crippen LogP contribution in [-0.4, -0.2) is 20.5 Å². The first-order chi connectivity index (χ1) is 11.9. The van der Waals surface area contributed by atoms with E-state index in [0.29, 0.717) is 8.95 Å². The maximum absolute atomic E-state index is 12.5. The summed E-state index contributed by atoms with van der Waals surface area (Å²) in [5.74, 6) is -2.18. The van der Waals surface area contributed by atoms with Crippen molar-refractivity contribution in [1.29, 1.82) is 0 Å². The van der Waals surface area contributed by atoms with Gasteiger partial charge < -0.3 is 5.11 Å². The van der Waals surface area contributed by atoms with E-state index in [1.807, 2.05) is 0 Å². The monoisotopic (exact) mass is 572 g/mol. The fourth-order valence-corrected chi connectivity index (χ4v) is 2.38. The smallest absolute Gasteiger partial charge is 0.335 e. The van der Waals surface area contributed by atoms with Gasteiger partial charge in [-0.25, -0.2) is 17.8 Å². The molecular formula is C14H7Br2Cl3F2O4S. The molecular weight excluding hydrogens is 568 g/mol. The third-order valence-electron chi connectivity index (χ3n) is 2.20. The summed E-state index contributed by atoms with van der Waals surface area (Å²) in [5.41, 5.74) is 0.0930. The zero-order valence-corrected chi connectivity index (χ0v) is 18.4. The summed E-state index contributed by atoms with van der Waals surface area (Å²) in [6, 6.07) is 7.30. The van der Waals surface area contributed by atoms with Crippen LogP contribution in [0.1, 0.15) is 20.7 Å². The van der Waals surface area contributed by atoms with Gasteiger partial charge in [-0.3, -0.25) is 4.79 Å². The lowest BCUT2D eigenvalue weighted by atomic mass is 10.2. The van der Waals surface area contributed by atoms with E-state index < -0.39 is 32.1 Å². The number of hydrogen-bond donors (Lipinski definition) is 1. The molecule has 0 bridgehead atoms. The van der Waals surface area contributed by atoms with Crippen LogP contribution in [0, 0.1) is 11.6 Å². The van der Waals surface area contributed by atoms with E-state index in [4.69, 9.17) is 20.9 Å². The molecule has 142 valence electrons. The van der Waals surface area contributed by atoms with Crippen LogP contribution >= 0.6 is 64.8 Å². The highest BCUT2D eigenvalue weighted by Gasteiger charge is 2.05. The minimum Gasteiger partial charge on any atom is -0.478 e. The summed E-state index contributed by atoms with van der Waals surface area (Å²) < 4.78 is 35.1. The number of hydrogen-bond acceptors (Lipinski definition) is 3. The van der Waals surface area contributed by atoms with Crippen molar-refractivity contribution in [3.63, 3.8) is 0 Å². The van der Waals surface area contributed by atoms with Gasteiger partial charge in [0.1, 0.15) is 11.6 Å². The Balaban J connectivity index is 0.000000401. The Kier molecular flexibility index (Phi) is 12.5. The van der Waals surface area contributed by atoms with Gasteiger partial charge in [0, 0.05) is 35.9 Å². The molecule has 0 atom stereocenters. The molecule has 0 aromatic heterocycles. The Morgan fingerprint density at radius 3 is 1.54 bits per heavy atom. The van der Waals surface area contributed by atoms with Gasteiger partial charge in [0.05, 0.1) is 5.56 Å². The molecule has 0 aliphatic rings. The van der Waals surface area contributed by atoms with Crippen molar-refractivity contribution in [2.45, 2.75) is 0 Å². The molecule has 2 rings (SSSR count). The average molecular weight is 575 g/mol. The quantitative estimate of drug-likeness (QED) is 0.427. The molecule has 4 nitrogen and oxygen atoms in total. The van der Waals surface area contributed by atoms with Crippen LogP contribution in [0.5, 0.6) is 0 Å². The lowest BCUT2D eigenvalue weighted by Gasteiger charge is -1.95. The first kappa shape index (κ1) is 25.4. The molecule has 0 aliphatic heterocycles. The lowest BCUT2D eigenvalue weighted by Crippen LogP contribution is -1.96. The second-order valence-electron chi connectivity index (χ2n) is 4.08. The molecule has 0 spiro atoms. The molecule has 12 heteroatoms. The first-order valence-electron chi connectivity index (χ1n) is 6.02. The summed E-state index contributed by atoms with van der Waals surface area (Å²) in [6.07, 6.45) is 0. The second kappa shape index (κ2) is 12.7. The molecule has 0 heterocycles. The van der Waals surface area contributed by atoms with Crippen molar-refractivity contribution in [3.8, 4) is 0 Å². The van der Waals surface area contributed by atoms with Crippen LogP contribution < -0.4 is 0 Å². The van der Waals surface area contributed by atoms with Crippen molar-refractivity contribution in [2.75, 3.05) is 0 Å². The van der Waals surface area contributed by atoms with Gasteiger partial charge in [-0.05, 0) is 48.0 Å². The van der Waals surface area contributed by atoms with Gasteiger partial charge in [-0.1, -0.05) is 31.9 Å². The van der Waals surface area contributed by atoms with Crippen LogP contribution in [0.3, 0.4) is 0 Å². The maximum Gasteiger partial charge on any atom is 0.335 e. The van der Waals surface area contributed by atoms with Gasteiger partial charge in [0.15, 0.2) is 0 Å². The highest BCUT2D eigenvalue weighted by molar-refractivity contribution is 9.10. The van der Waals surface area contributed by atoms with Crippen molar-refractivity contribution < 1.29 is 27.7 Å². The summed E-state index contributed by atoms with van der Waals surface area (Å²) in [4.78, 5) is 20.8. The molecule has 0 aliphatic carbocycles. The SMILES string of the molecule is O=C(Cl)c1cc(F)cc(Br)c1.O=C(O)c1cc(F)cc(Br)c1.O=S(Cl)Cl. The number of aromatic carboxylic acids is 1. The number of benzene rings is 2. The summed E-state index contributed by atoms with van der Waals surface area (Å²) in [6.45, 7) is 0. The van der Waals surface area contributed by atoms with Gasteiger partial charge in [-0.15, -0.1) is 0 Å².